The Balaban J connectivity index is 3.04. The Labute approximate surface area is 85.7 Å². The normalized spacial score (nSPS) is 13.7. The van der Waals surface area contributed by atoms with Crippen molar-refractivity contribution in [2.75, 3.05) is 0 Å². The molecule has 0 aliphatic rings. The van der Waals surface area contributed by atoms with E-state index in [0.717, 1.165) is 6.42 Å². The Bertz CT molecular complexity index is 276. The summed E-state index contributed by atoms with van der Waals surface area (Å²) in [4.78, 5) is 0. The summed E-state index contributed by atoms with van der Waals surface area (Å²) in [5.74, 6) is 0. The highest BCUT2D eigenvalue weighted by molar-refractivity contribution is 7.80. The third kappa shape index (κ3) is 2.27. The van der Waals surface area contributed by atoms with Crippen molar-refractivity contribution in [3.05, 3.63) is 17.5 Å². The molecule has 0 saturated heterocycles. The van der Waals surface area contributed by atoms with E-state index in [1.807, 2.05) is 4.68 Å². The van der Waals surface area contributed by atoms with E-state index in [4.69, 9.17) is 0 Å². The summed E-state index contributed by atoms with van der Waals surface area (Å²) in [5.41, 5.74) is 2.44. The van der Waals surface area contributed by atoms with Crippen LogP contribution in [0, 0.1) is 0 Å². The van der Waals surface area contributed by atoms with Gasteiger partial charge in [-0.3, -0.25) is 4.68 Å². The van der Waals surface area contributed by atoms with Crippen molar-refractivity contribution in [2.24, 2.45) is 0 Å². The molecule has 13 heavy (non-hydrogen) atoms. The van der Waals surface area contributed by atoms with E-state index in [1.54, 1.807) is 0 Å². The molecule has 1 aromatic rings. The lowest BCUT2D eigenvalue weighted by atomic mass is 10.1. The summed E-state index contributed by atoms with van der Waals surface area (Å²) in [6.07, 6.45) is 3.10. The second-order valence-corrected chi connectivity index (χ2v) is 4.41. The second kappa shape index (κ2) is 4.18. The van der Waals surface area contributed by atoms with Crippen LogP contribution in [0.25, 0.3) is 0 Å². The second-order valence-electron chi connectivity index (χ2n) is 3.63. The van der Waals surface area contributed by atoms with Gasteiger partial charge < -0.3 is 0 Å². The summed E-state index contributed by atoms with van der Waals surface area (Å²) in [7, 11) is 0. The van der Waals surface area contributed by atoms with Gasteiger partial charge in [-0.1, -0.05) is 6.92 Å². The molecule has 1 unspecified atom stereocenters. The summed E-state index contributed by atoms with van der Waals surface area (Å²) < 4.78 is 2.01. The van der Waals surface area contributed by atoms with Gasteiger partial charge in [-0.05, 0) is 27.2 Å². The van der Waals surface area contributed by atoms with E-state index in [-0.39, 0.29) is 5.25 Å². The summed E-state index contributed by atoms with van der Waals surface area (Å²) in [6.45, 7) is 8.50. The van der Waals surface area contributed by atoms with Gasteiger partial charge in [0.2, 0.25) is 0 Å². The van der Waals surface area contributed by atoms with Crippen molar-refractivity contribution < 1.29 is 0 Å². The molecule has 2 nitrogen and oxygen atoms in total. The van der Waals surface area contributed by atoms with Gasteiger partial charge in [0.05, 0.1) is 5.69 Å². The third-order valence-corrected chi connectivity index (χ3v) is 2.43. The van der Waals surface area contributed by atoms with Crippen LogP contribution >= 0.6 is 12.6 Å². The Morgan fingerprint density at radius 2 is 2.08 bits per heavy atom. The first-order valence-corrected chi connectivity index (χ1v) is 5.33. The molecule has 0 N–H and O–H groups in total. The van der Waals surface area contributed by atoms with Crippen molar-refractivity contribution in [1.82, 2.24) is 9.78 Å². The number of aromatic nitrogens is 2. The van der Waals surface area contributed by atoms with Crippen LogP contribution in [0.5, 0.6) is 0 Å². The molecule has 0 spiro atoms. The fourth-order valence-electron chi connectivity index (χ4n) is 1.33. The van der Waals surface area contributed by atoms with E-state index in [9.17, 15) is 0 Å². The van der Waals surface area contributed by atoms with Crippen LogP contribution < -0.4 is 0 Å². The van der Waals surface area contributed by atoms with Gasteiger partial charge >= 0.3 is 0 Å². The summed E-state index contributed by atoms with van der Waals surface area (Å²) >= 11 is 4.44. The van der Waals surface area contributed by atoms with Crippen molar-refractivity contribution >= 4 is 12.6 Å². The predicted octanol–water partition coefficient (Wildman–Crippen LogP) is 3.02. The highest BCUT2D eigenvalue weighted by atomic mass is 32.1. The van der Waals surface area contributed by atoms with Crippen LogP contribution in [0.1, 0.15) is 50.2 Å². The molecular weight excluding hydrogens is 180 g/mol. The minimum Gasteiger partial charge on any atom is -0.270 e. The highest BCUT2D eigenvalue weighted by Crippen LogP contribution is 2.23. The average Bonchev–Trinajstić information content (AvgIpc) is 2.47. The van der Waals surface area contributed by atoms with E-state index in [2.05, 4.69) is 51.6 Å². The molecule has 0 amide bonds. The number of thiol groups is 1. The Morgan fingerprint density at radius 1 is 1.46 bits per heavy atom. The van der Waals surface area contributed by atoms with Crippen LogP contribution in [0.15, 0.2) is 6.20 Å². The number of rotatable bonds is 3. The zero-order chi connectivity index (χ0) is 10.0. The molecule has 0 radical (unpaired) electrons. The van der Waals surface area contributed by atoms with Crippen molar-refractivity contribution in [3.63, 3.8) is 0 Å². The van der Waals surface area contributed by atoms with Crippen molar-refractivity contribution in [2.45, 2.75) is 45.4 Å². The van der Waals surface area contributed by atoms with Crippen LogP contribution in [-0.4, -0.2) is 9.78 Å². The average molecular weight is 198 g/mol. The smallest absolute Gasteiger partial charge is 0.0665 e. The summed E-state index contributed by atoms with van der Waals surface area (Å²) in [6, 6.07) is 0.436. The molecule has 0 saturated carbocycles. The monoisotopic (exact) mass is 198 g/mol. The quantitative estimate of drug-likeness (QED) is 0.739. The lowest BCUT2D eigenvalue weighted by Gasteiger charge is -2.03. The van der Waals surface area contributed by atoms with E-state index >= 15 is 0 Å². The van der Waals surface area contributed by atoms with Crippen LogP contribution in [0.3, 0.4) is 0 Å². The molecule has 74 valence electrons. The highest BCUT2D eigenvalue weighted by Gasteiger charge is 2.11. The molecule has 1 heterocycles. The molecule has 1 rings (SSSR count). The Kier molecular flexibility index (Phi) is 3.42. The molecular formula is C10H18N2S. The van der Waals surface area contributed by atoms with Crippen LogP contribution in [-0.2, 0) is 6.42 Å². The van der Waals surface area contributed by atoms with Crippen LogP contribution in [0.4, 0.5) is 0 Å². The number of nitrogens with zero attached hydrogens (tertiary/aromatic N) is 2. The van der Waals surface area contributed by atoms with Gasteiger partial charge in [-0.25, -0.2) is 0 Å². The van der Waals surface area contributed by atoms with E-state index in [0.29, 0.717) is 6.04 Å². The first-order valence-electron chi connectivity index (χ1n) is 4.82. The fraction of sp³-hybridized carbons (Fsp3) is 0.700. The van der Waals surface area contributed by atoms with Crippen molar-refractivity contribution in [1.29, 1.82) is 0 Å². The Hall–Kier alpha value is -0.440. The lowest BCUT2D eigenvalue weighted by Crippen LogP contribution is -2.01. The molecule has 0 aromatic carbocycles. The number of aryl methyl sites for hydroxylation is 1. The fourth-order valence-corrected chi connectivity index (χ4v) is 1.55. The van der Waals surface area contributed by atoms with Gasteiger partial charge in [0.1, 0.15) is 0 Å². The molecule has 0 aliphatic heterocycles. The van der Waals surface area contributed by atoms with E-state index in [1.165, 1.54) is 11.3 Å². The standard InChI is InChI=1S/C10H18N2S/c1-5-10-9(8(4)13)6-12(11-10)7(2)3/h6-8,13H,5H2,1-4H3. The van der Waals surface area contributed by atoms with Crippen molar-refractivity contribution in [3.8, 4) is 0 Å². The minimum atomic E-state index is 0.280. The van der Waals surface area contributed by atoms with Crippen LogP contribution in [0.2, 0.25) is 0 Å². The molecule has 3 heteroatoms. The summed E-state index contributed by atoms with van der Waals surface area (Å²) in [5, 5.41) is 4.80. The SMILES string of the molecule is CCc1nn(C(C)C)cc1C(C)S. The number of hydrogen-bond donors (Lipinski definition) is 1. The largest absolute Gasteiger partial charge is 0.270 e. The molecule has 0 aliphatic carbocycles. The van der Waals surface area contributed by atoms with E-state index < -0.39 is 0 Å². The molecule has 0 fully saturated rings. The van der Waals surface area contributed by atoms with Gasteiger partial charge in [0.15, 0.2) is 0 Å². The zero-order valence-corrected chi connectivity index (χ0v) is 9.68. The molecule has 1 aromatic heterocycles. The maximum Gasteiger partial charge on any atom is 0.0665 e. The lowest BCUT2D eigenvalue weighted by molar-refractivity contribution is 0.527. The van der Waals surface area contributed by atoms with Gasteiger partial charge in [0.25, 0.3) is 0 Å². The third-order valence-electron chi connectivity index (χ3n) is 2.15. The first-order chi connectivity index (χ1) is 6.06. The number of hydrogen-bond acceptors (Lipinski definition) is 2. The van der Waals surface area contributed by atoms with Gasteiger partial charge in [-0.15, -0.1) is 0 Å². The predicted molar refractivity (Wildman–Crippen MR) is 59.4 cm³/mol. The maximum atomic E-state index is 4.52. The van der Waals surface area contributed by atoms with Gasteiger partial charge in [-0.2, -0.15) is 17.7 Å². The zero-order valence-electron chi connectivity index (χ0n) is 8.78. The topological polar surface area (TPSA) is 17.8 Å². The Morgan fingerprint density at radius 3 is 2.38 bits per heavy atom. The molecule has 0 bridgehead atoms. The maximum absolute atomic E-state index is 4.52. The first kappa shape index (κ1) is 10.6. The molecule has 1 atom stereocenters. The van der Waals surface area contributed by atoms with Gasteiger partial charge in [0, 0.05) is 23.1 Å². The minimum absolute atomic E-state index is 0.280.